The van der Waals surface area contributed by atoms with Crippen LogP contribution < -0.4 is 4.90 Å². The molecular weight excluding hydrogens is 498 g/mol. The zero-order valence-corrected chi connectivity index (χ0v) is 22.7. The van der Waals surface area contributed by atoms with Crippen LogP contribution in [0.25, 0.3) is 0 Å². The fourth-order valence-electron chi connectivity index (χ4n) is 5.09. The van der Waals surface area contributed by atoms with Crippen LogP contribution in [0.2, 0.25) is 0 Å². The number of nitriles is 1. The number of aliphatic imine (C=N–C) groups is 1. The van der Waals surface area contributed by atoms with Crippen LogP contribution >= 0.6 is 0 Å². The van der Waals surface area contributed by atoms with Crippen LogP contribution in [0.4, 0.5) is 5.69 Å². The predicted molar refractivity (Wildman–Crippen MR) is 149 cm³/mol. The topological polar surface area (TPSA) is 100 Å². The maximum absolute atomic E-state index is 12.4. The fraction of sp³-hybridized carbons (Fsp3) is 0.310. The molecule has 8 nitrogen and oxygen atoms in total. The lowest BCUT2D eigenvalue weighted by Gasteiger charge is -2.43. The maximum Gasteiger partial charge on any atom is 0.242 e. The molecule has 0 amide bonds. The van der Waals surface area contributed by atoms with Crippen molar-refractivity contribution in [2.75, 3.05) is 39.1 Å². The molecule has 198 valence electrons. The van der Waals surface area contributed by atoms with Crippen molar-refractivity contribution in [3.05, 3.63) is 96.1 Å². The first-order valence-corrected chi connectivity index (χ1v) is 13.9. The molecule has 1 aliphatic heterocycles. The molecule has 38 heavy (non-hydrogen) atoms. The van der Waals surface area contributed by atoms with Gasteiger partial charge < -0.3 is 14.9 Å². The second kappa shape index (κ2) is 11.4. The normalized spacial score (nSPS) is 15.4. The summed E-state index contributed by atoms with van der Waals surface area (Å²) in [4.78, 5) is 8.14. The highest BCUT2D eigenvalue weighted by Crippen LogP contribution is 2.42. The Morgan fingerprint density at radius 3 is 1.87 bits per heavy atom. The van der Waals surface area contributed by atoms with Gasteiger partial charge in [0.25, 0.3) is 0 Å². The summed E-state index contributed by atoms with van der Waals surface area (Å²) >= 11 is 0. The first-order chi connectivity index (χ1) is 18.2. The van der Waals surface area contributed by atoms with E-state index >= 15 is 0 Å². The third kappa shape index (κ3) is 5.29. The minimum absolute atomic E-state index is 0.0345. The number of sulfonamides is 1. The monoisotopic (exact) mass is 531 g/mol. The minimum Gasteiger partial charge on any atom is -0.380 e. The molecule has 0 aromatic heterocycles. The number of hydrogen-bond donors (Lipinski definition) is 1. The Balaban J connectivity index is 1.55. The Bertz CT molecular complexity index is 1350. The van der Waals surface area contributed by atoms with Crippen LogP contribution in [-0.2, 0) is 15.6 Å². The Morgan fingerprint density at radius 1 is 0.921 bits per heavy atom. The molecular formula is C29H33N5O3S. The van der Waals surface area contributed by atoms with Crippen molar-refractivity contribution < 1.29 is 13.5 Å². The standard InChI is InChI=1S/C29H33N5O3S/c1-32(2)38(36,37)27-16-14-26(15-17-27)33(3)28(31-22-30)34-20-18-25(19-21-34)29(35,23-10-6-4-7-11-23)24-12-8-5-9-13-24/h4-17,25,35H,18-21H2,1-3H3/b31-28-. The molecule has 0 radical (unpaired) electrons. The third-order valence-corrected chi connectivity index (χ3v) is 9.08. The summed E-state index contributed by atoms with van der Waals surface area (Å²) in [5.74, 6) is 0.449. The average Bonchev–Trinajstić information content (AvgIpc) is 2.96. The molecule has 1 aliphatic rings. The van der Waals surface area contributed by atoms with E-state index in [4.69, 9.17) is 0 Å². The Hall–Kier alpha value is -3.71. The molecule has 1 fully saturated rings. The van der Waals surface area contributed by atoms with E-state index in [0.717, 1.165) is 11.1 Å². The number of piperidine rings is 1. The van der Waals surface area contributed by atoms with Crippen LogP contribution in [-0.4, -0.2) is 62.9 Å². The van der Waals surface area contributed by atoms with Gasteiger partial charge in [-0.05, 0) is 54.2 Å². The summed E-state index contributed by atoms with van der Waals surface area (Å²) in [6.45, 7) is 1.20. The highest BCUT2D eigenvalue weighted by molar-refractivity contribution is 7.89. The average molecular weight is 532 g/mol. The van der Waals surface area contributed by atoms with Crippen molar-refractivity contribution in [2.45, 2.75) is 23.3 Å². The molecule has 3 aromatic rings. The van der Waals surface area contributed by atoms with Crippen molar-refractivity contribution in [3.63, 3.8) is 0 Å². The van der Waals surface area contributed by atoms with E-state index in [0.29, 0.717) is 37.6 Å². The lowest BCUT2D eigenvalue weighted by atomic mass is 9.72. The van der Waals surface area contributed by atoms with Gasteiger partial charge in [0, 0.05) is 39.9 Å². The van der Waals surface area contributed by atoms with E-state index in [2.05, 4.69) is 4.99 Å². The highest BCUT2D eigenvalue weighted by atomic mass is 32.2. The molecule has 0 bridgehead atoms. The van der Waals surface area contributed by atoms with Crippen molar-refractivity contribution >= 4 is 21.7 Å². The molecule has 1 saturated heterocycles. The molecule has 0 unspecified atom stereocenters. The van der Waals surface area contributed by atoms with Gasteiger partial charge in [0.2, 0.25) is 22.2 Å². The van der Waals surface area contributed by atoms with Crippen LogP contribution in [0, 0.1) is 17.4 Å². The van der Waals surface area contributed by atoms with E-state index < -0.39 is 15.6 Å². The number of likely N-dealkylation sites (tertiary alicyclic amines) is 1. The van der Waals surface area contributed by atoms with E-state index in [-0.39, 0.29) is 10.8 Å². The van der Waals surface area contributed by atoms with Crippen molar-refractivity contribution in [1.82, 2.24) is 9.21 Å². The third-order valence-electron chi connectivity index (χ3n) is 7.25. The van der Waals surface area contributed by atoms with Gasteiger partial charge in [0.15, 0.2) is 0 Å². The van der Waals surface area contributed by atoms with Crippen molar-refractivity contribution in [2.24, 2.45) is 10.9 Å². The van der Waals surface area contributed by atoms with E-state index in [1.807, 2.05) is 78.8 Å². The van der Waals surface area contributed by atoms with E-state index in [1.54, 1.807) is 29.2 Å². The van der Waals surface area contributed by atoms with Gasteiger partial charge in [-0.3, -0.25) is 0 Å². The van der Waals surface area contributed by atoms with Crippen LogP contribution in [0.15, 0.2) is 94.8 Å². The van der Waals surface area contributed by atoms with E-state index in [9.17, 15) is 18.8 Å². The van der Waals surface area contributed by atoms with Crippen LogP contribution in [0.1, 0.15) is 24.0 Å². The molecule has 3 aromatic carbocycles. The molecule has 4 rings (SSSR count). The molecule has 0 atom stereocenters. The first kappa shape index (κ1) is 27.3. The Kier molecular flexibility index (Phi) is 8.17. The first-order valence-electron chi connectivity index (χ1n) is 12.5. The van der Waals surface area contributed by atoms with Crippen LogP contribution in [0.3, 0.4) is 0 Å². The number of nitrogens with zero attached hydrogens (tertiary/aromatic N) is 5. The second-order valence-electron chi connectivity index (χ2n) is 9.61. The molecule has 0 aliphatic carbocycles. The van der Waals surface area contributed by atoms with Crippen molar-refractivity contribution in [3.8, 4) is 6.19 Å². The second-order valence-corrected chi connectivity index (χ2v) is 11.8. The van der Waals surface area contributed by atoms with Crippen molar-refractivity contribution in [1.29, 1.82) is 5.26 Å². The van der Waals surface area contributed by atoms with Gasteiger partial charge in [-0.1, -0.05) is 60.7 Å². The number of hydrogen-bond acceptors (Lipinski definition) is 5. The minimum atomic E-state index is -3.54. The smallest absolute Gasteiger partial charge is 0.242 e. The van der Waals surface area contributed by atoms with Crippen LogP contribution in [0.5, 0.6) is 0 Å². The zero-order valence-electron chi connectivity index (χ0n) is 21.9. The zero-order chi connectivity index (χ0) is 27.3. The lowest BCUT2D eigenvalue weighted by Crippen LogP contribution is -2.50. The number of rotatable bonds is 6. The maximum atomic E-state index is 12.4. The summed E-state index contributed by atoms with van der Waals surface area (Å²) in [5.41, 5.74) is 1.30. The summed E-state index contributed by atoms with van der Waals surface area (Å²) in [5, 5.41) is 21.6. The molecule has 9 heteroatoms. The summed E-state index contributed by atoms with van der Waals surface area (Å²) < 4.78 is 26.0. The number of guanidine groups is 1. The van der Waals surface area contributed by atoms with Gasteiger partial charge in [-0.25, -0.2) is 12.7 Å². The SMILES string of the molecule is CN(/C(=N/C#N)N1CCC(C(O)(c2ccccc2)c2ccccc2)CC1)c1ccc(S(=O)(=O)N(C)C)cc1. The molecule has 0 spiro atoms. The highest BCUT2D eigenvalue weighted by Gasteiger charge is 2.42. The lowest BCUT2D eigenvalue weighted by molar-refractivity contribution is -0.00666. The predicted octanol–water partition coefficient (Wildman–Crippen LogP) is 3.86. The quantitative estimate of drug-likeness (QED) is 0.295. The molecule has 0 saturated carbocycles. The number of aliphatic hydroxyl groups is 1. The summed E-state index contributed by atoms with van der Waals surface area (Å²) in [6.07, 6.45) is 3.30. The molecule has 1 heterocycles. The number of benzene rings is 3. The fourth-order valence-corrected chi connectivity index (χ4v) is 5.99. The van der Waals surface area contributed by atoms with E-state index in [1.165, 1.54) is 18.4 Å². The molecule has 1 N–H and O–H groups in total. The van der Waals surface area contributed by atoms with Gasteiger partial charge in [0.1, 0.15) is 5.60 Å². The van der Waals surface area contributed by atoms with Gasteiger partial charge >= 0.3 is 0 Å². The summed E-state index contributed by atoms with van der Waals surface area (Å²) in [7, 11) is 1.26. The number of anilines is 1. The van der Waals surface area contributed by atoms with Gasteiger partial charge in [-0.15, -0.1) is 4.99 Å². The van der Waals surface area contributed by atoms with Gasteiger partial charge in [0.05, 0.1) is 4.90 Å². The Morgan fingerprint density at radius 2 is 1.42 bits per heavy atom. The largest absolute Gasteiger partial charge is 0.380 e. The Labute approximate surface area is 225 Å². The van der Waals surface area contributed by atoms with Gasteiger partial charge in [-0.2, -0.15) is 5.26 Å². The summed E-state index contributed by atoms with van der Waals surface area (Å²) in [6, 6.07) is 26.1.